The Hall–Kier alpha value is -1.56. The Morgan fingerprint density at radius 2 is 1.83 bits per heavy atom. The molecule has 0 aromatic carbocycles. The Morgan fingerprint density at radius 1 is 1.33 bits per heavy atom. The lowest BCUT2D eigenvalue weighted by atomic mass is 10.1. The van der Waals surface area contributed by atoms with Crippen LogP contribution in [0.1, 0.15) is 6.42 Å². The lowest BCUT2D eigenvalue weighted by molar-refractivity contribution is -0.151. The van der Waals surface area contributed by atoms with Gasteiger partial charge in [-0.2, -0.15) is 0 Å². The Morgan fingerprint density at radius 3 is 2.17 bits per heavy atom. The number of aliphatic hydroxyl groups is 1. The van der Waals surface area contributed by atoms with Gasteiger partial charge in [0.05, 0.1) is 6.42 Å². The van der Waals surface area contributed by atoms with Crippen molar-refractivity contribution < 1.29 is 29.4 Å². The molecule has 0 bridgehead atoms. The molecule has 0 heterocycles. The predicted octanol–water partition coefficient (Wildman–Crippen LogP) is -1.84. The molecule has 0 rings (SSSR count). The largest absolute Gasteiger partial charge is 0.475 e. The zero-order valence-electron chi connectivity index (χ0n) is 5.89. The summed E-state index contributed by atoms with van der Waals surface area (Å²) in [5.74, 6) is -4.25. The van der Waals surface area contributed by atoms with Crippen LogP contribution in [0, 0.1) is 0 Å². The molecule has 0 aromatic heterocycles. The molecule has 0 fully saturated rings. The average molecular weight is 174 g/mol. The minimum atomic E-state index is -1.84. The molecule has 0 amide bonds. The number of hydrogen-bond donors (Lipinski definition) is 2. The van der Waals surface area contributed by atoms with Crippen molar-refractivity contribution in [3.05, 3.63) is 0 Å². The third kappa shape index (κ3) is 3.02. The van der Waals surface area contributed by atoms with Crippen molar-refractivity contribution in [1.29, 1.82) is 0 Å². The maximum atomic E-state index is 10.3. The summed E-state index contributed by atoms with van der Waals surface area (Å²) in [6, 6.07) is 0. The summed E-state index contributed by atoms with van der Waals surface area (Å²) in [6.45, 7) is 0. The molecule has 12 heavy (non-hydrogen) atoms. The van der Waals surface area contributed by atoms with Gasteiger partial charge in [0.25, 0.3) is 0 Å². The first kappa shape index (κ1) is 10.4. The van der Waals surface area contributed by atoms with E-state index < -0.39 is 30.1 Å². The first-order valence-corrected chi connectivity index (χ1v) is 2.92. The maximum Gasteiger partial charge on any atom is 0.372 e. The molecule has 6 heteroatoms. The number of aliphatic carboxylic acids is 1. The van der Waals surface area contributed by atoms with E-state index in [0.717, 1.165) is 0 Å². The fourth-order valence-electron chi connectivity index (χ4n) is 0.442. The summed E-state index contributed by atoms with van der Waals surface area (Å²) in [5.41, 5.74) is 0. The van der Waals surface area contributed by atoms with Crippen LogP contribution in [-0.4, -0.2) is 40.1 Å². The van der Waals surface area contributed by atoms with Crippen LogP contribution >= 0.6 is 0 Å². The van der Waals surface area contributed by atoms with Crippen LogP contribution in [0.25, 0.3) is 0 Å². The molecule has 0 spiro atoms. The number of Topliss-reactive ketones (excluding diaryl/α,β-unsaturated/α-hetero) is 2. The SMILES string of the molecule is O=CC(=O)[C@@H](O)CC(=O)C(=O)O. The topological polar surface area (TPSA) is 109 Å². The highest BCUT2D eigenvalue weighted by Gasteiger charge is 2.21. The van der Waals surface area contributed by atoms with Crippen LogP contribution in [0.4, 0.5) is 0 Å². The van der Waals surface area contributed by atoms with Crippen molar-refractivity contribution in [2.75, 3.05) is 0 Å². The number of carboxylic acid groups (broad SMARTS) is 1. The van der Waals surface area contributed by atoms with Crippen LogP contribution in [0.3, 0.4) is 0 Å². The zero-order valence-corrected chi connectivity index (χ0v) is 5.89. The van der Waals surface area contributed by atoms with E-state index in [1.165, 1.54) is 0 Å². The van der Waals surface area contributed by atoms with Crippen molar-refractivity contribution in [3.8, 4) is 0 Å². The van der Waals surface area contributed by atoms with E-state index in [9.17, 15) is 19.2 Å². The number of aldehydes is 1. The molecular weight excluding hydrogens is 168 g/mol. The molecule has 0 saturated carbocycles. The van der Waals surface area contributed by atoms with Crippen LogP contribution in [0.5, 0.6) is 0 Å². The summed E-state index contributed by atoms with van der Waals surface area (Å²) >= 11 is 0. The van der Waals surface area contributed by atoms with E-state index in [2.05, 4.69) is 0 Å². The van der Waals surface area contributed by atoms with Crippen molar-refractivity contribution in [1.82, 2.24) is 0 Å². The van der Waals surface area contributed by atoms with E-state index in [-0.39, 0.29) is 6.29 Å². The maximum absolute atomic E-state index is 10.3. The number of hydrogen-bond acceptors (Lipinski definition) is 5. The summed E-state index contributed by atoms with van der Waals surface area (Å²) in [6.07, 6.45) is -2.88. The molecule has 0 aliphatic carbocycles. The first-order valence-electron chi connectivity index (χ1n) is 2.92. The van der Waals surface area contributed by atoms with Gasteiger partial charge in [-0.1, -0.05) is 0 Å². The standard InChI is InChI=1S/C6H6O6/c7-2-5(10)3(8)1-4(9)6(11)12/h2-3,8H,1H2,(H,11,12)/t3-/m0/s1. The molecule has 2 N–H and O–H groups in total. The Bertz CT molecular complexity index is 230. The van der Waals surface area contributed by atoms with Gasteiger partial charge < -0.3 is 10.2 Å². The van der Waals surface area contributed by atoms with Gasteiger partial charge in [0.2, 0.25) is 11.6 Å². The van der Waals surface area contributed by atoms with Crippen molar-refractivity contribution in [3.63, 3.8) is 0 Å². The molecule has 1 atom stereocenters. The normalized spacial score (nSPS) is 11.8. The third-order valence-corrected chi connectivity index (χ3v) is 1.06. The number of carbonyl (C=O) groups is 4. The second-order valence-electron chi connectivity index (χ2n) is 1.97. The number of carbonyl (C=O) groups excluding carboxylic acids is 3. The van der Waals surface area contributed by atoms with Crippen molar-refractivity contribution in [2.24, 2.45) is 0 Å². The highest BCUT2D eigenvalue weighted by Crippen LogP contribution is 1.93. The van der Waals surface area contributed by atoms with Gasteiger partial charge in [-0.25, -0.2) is 4.79 Å². The average Bonchev–Trinajstić information content (AvgIpc) is 2.02. The van der Waals surface area contributed by atoms with Gasteiger partial charge in [-0.3, -0.25) is 14.4 Å². The highest BCUT2D eigenvalue weighted by molar-refractivity contribution is 6.35. The summed E-state index contributed by atoms with van der Waals surface area (Å²) < 4.78 is 0. The fourth-order valence-corrected chi connectivity index (χ4v) is 0.442. The number of rotatable bonds is 5. The van der Waals surface area contributed by atoms with Crippen molar-refractivity contribution in [2.45, 2.75) is 12.5 Å². The van der Waals surface area contributed by atoms with Gasteiger partial charge in [-0.05, 0) is 0 Å². The Labute approximate surface area is 66.8 Å². The summed E-state index contributed by atoms with van der Waals surface area (Å²) in [5, 5.41) is 16.7. The molecular formula is C6H6O6. The molecule has 0 aliphatic heterocycles. The second kappa shape index (κ2) is 4.35. The minimum Gasteiger partial charge on any atom is -0.475 e. The number of carboxylic acids is 1. The fraction of sp³-hybridized carbons (Fsp3) is 0.333. The quantitative estimate of drug-likeness (QED) is 0.374. The molecule has 66 valence electrons. The lowest BCUT2D eigenvalue weighted by Crippen LogP contribution is -2.27. The van der Waals surface area contributed by atoms with E-state index in [4.69, 9.17) is 10.2 Å². The molecule has 0 aliphatic rings. The molecule has 0 radical (unpaired) electrons. The predicted molar refractivity (Wildman–Crippen MR) is 34.3 cm³/mol. The first-order chi connectivity index (χ1) is 5.49. The Balaban J connectivity index is 4.09. The smallest absolute Gasteiger partial charge is 0.372 e. The van der Waals surface area contributed by atoms with E-state index >= 15 is 0 Å². The van der Waals surface area contributed by atoms with Crippen LogP contribution in [-0.2, 0) is 19.2 Å². The van der Waals surface area contributed by atoms with E-state index in [0.29, 0.717) is 0 Å². The van der Waals surface area contributed by atoms with Gasteiger partial charge in [-0.15, -0.1) is 0 Å². The van der Waals surface area contributed by atoms with E-state index in [1.54, 1.807) is 0 Å². The minimum absolute atomic E-state index is 0.167. The summed E-state index contributed by atoms with van der Waals surface area (Å²) in [7, 11) is 0. The Kier molecular flexibility index (Phi) is 3.78. The number of aliphatic hydroxyl groups excluding tert-OH is 1. The van der Waals surface area contributed by atoms with Gasteiger partial charge in [0.1, 0.15) is 6.10 Å². The van der Waals surface area contributed by atoms with Crippen LogP contribution in [0.2, 0.25) is 0 Å². The van der Waals surface area contributed by atoms with Gasteiger partial charge in [0, 0.05) is 0 Å². The number of ketones is 2. The third-order valence-electron chi connectivity index (χ3n) is 1.06. The van der Waals surface area contributed by atoms with Crippen LogP contribution < -0.4 is 0 Å². The van der Waals surface area contributed by atoms with Gasteiger partial charge >= 0.3 is 5.97 Å². The monoisotopic (exact) mass is 174 g/mol. The second-order valence-corrected chi connectivity index (χ2v) is 1.97. The molecule has 0 aromatic rings. The van der Waals surface area contributed by atoms with E-state index in [1.807, 2.05) is 0 Å². The van der Waals surface area contributed by atoms with Crippen LogP contribution in [0.15, 0.2) is 0 Å². The van der Waals surface area contributed by atoms with Gasteiger partial charge in [0.15, 0.2) is 6.29 Å². The summed E-state index contributed by atoms with van der Waals surface area (Å²) in [4.78, 5) is 40.3. The molecule has 0 saturated heterocycles. The highest BCUT2D eigenvalue weighted by atomic mass is 16.4. The lowest BCUT2D eigenvalue weighted by Gasteiger charge is -2.00. The molecule has 6 nitrogen and oxygen atoms in total. The zero-order chi connectivity index (χ0) is 9.72. The van der Waals surface area contributed by atoms with Crippen molar-refractivity contribution >= 4 is 23.8 Å². The molecule has 0 unspecified atom stereocenters.